The van der Waals surface area contributed by atoms with Gasteiger partial charge in [-0.15, -0.1) is 0 Å². The number of carboxylic acids is 4. The number of halogens is 3. The number of rotatable bonds is 10. The molecule has 0 radical (unpaired) electrons. The van der Waals surface area contributed by atoms with Crippen LogP contribution in [0.3, 0.4) is 0 Å². The van der Waals surface area contributed by atoms with Crippen molar-refractivity contribution in [3.8, 4) is 44.5 Å². The highest BCUT2D eigenvalue weighted by Gasteiger charge is 2.50. The largest absolute Gasteiger partial charge is 0.480 e. The molecule has 0 saturated heterocycles. The highest BCUT2D eigenvalue weighted by molar-refractivity contribution is 9.14. The lowest BCUT2D eigenvalue weighted by Crippen LogP contribution is -2.39. The summed E-state index contributed by atoms with van der Waals surface area (Å²) in [5.74, 6) is -4.83. The van der Waals surface area contributed by atoms with Crippen molar-refractivity contribution in [2.75, 3.05) is 0 Å². The van der Waals surface area contributed by atoms with Crippen molar-refractivity contribution in [2.45, 2.75) is 11.3 Å². The second-order valence-electron chi connectivity index (χ2n) is 13.4. The highest BCUT2D eigenvalue weighted by Crippen LogP contribution is 2.56. The lowest BCUT2D eigenvalue weighted by atomic mass is 9.73. The third kappa shape index (κ3) is 7.53. The second-order valence-corrected chi connectivity index (χ2v) is 15.9. The summed E-state index contributed by atoms with van der Waals surface area (Å²) in [6.45, 7) is 0. The van der Waals surface area contributed by atoms with Crippen molar-refractivity contribution in [3.63, 3.8) is 0 Å². The molecule has 6 aromatic rings. The van der Waals surface area contributed by atoms with Crippen molar-refractivity contribution in [2.24, 2.45) is 0 Å². The van der Waals surface area contributed by atoms with Crippen molar-refractivity contribution >= 4 is 71.7 Å². The zero-order chi connectivity index (χ0) is 40.6. The van der Waals surface area contributed by atoms with E-state index >= 15 is 0 Å². The molecule has 7 rings (SSSR count). The number of aromatic carboxylic acids is 3. The molecule has 6 aromatic carbocycles. The van der Waals surface area contributed by atoms with Crippen LogP contribution in [0.5, 0.6) is 0 Å². The SMILES string of the molecule is O=C(O)c1ccc(-c2cc(-c3ccc(C(=O)O)cc3)cc(C3C=C(Br)C(C(=O)O)(c4cc(-c5ccccc5)cc(-c5ccc(C(=O)O)cc5)c4)C(Br)=C3Br)c2)cc1. The van der Waals surface area contributed by atoms with E-state index in [1.807, 2.05) is 66.7 Å². The highest BCUT2D eigenvalue weighted by atomic mass is 79.9. The van der Waals surface area contributed by atoms with Gasteiger partial charge in [0.2, 0.25) is 0 Å². The molecule has 57 heavy (non-hydrogen) atoms. The smallest absolute Gasteiger partial charge is 0.335 e. The summed E-state index contributed by atoms with van der Waals surface area (Å²) in [5, 5.41) is 39.8. The maximum Gasteiger partial charge on any atom is 0.335 e. The summed E-state index contributed by atoms with van der Waals surface area (Å²) in [7, 11) is 0. The minimum atomic E-state index is -1.75. The number of hydrogen-bond acceptors (Lipinski definition) is 4. The van der Waals surface area contributed by atoms with Gasteiger partial charge in [0.1, 0.15) is 0 Å². The van der Waals surface area contributed by atoms with E-state index in [9.17, 15) is 39.6 Å². The Morgan fingerprint density at radius 2 is 0.825 bits per heavy atom. The molecule has 1 aliphatic carbocycles. The Labute approximate surface area is 351 Å². The fourth-order valence-corrected chi connectivity index (χ4v) is 9.66. The number of allylic oxidation sites excluding steroid dienone is 2. The molecule has 0 amide bonds. The molecule has 0 aromatic heterocycles. The summed E-state index contributed by atoms with van der Waals surface area (Å²) in [6, 6.07) is 40.4. The lowest BCUT2D eigenvalue weighted by molar-refractivity contribution is -0.140. The van der Waals surface area contributed by atoms with Crippen LogP contribution in [0, 0.1) is 0 Å². The zero-order valence-corrected chi connectivity index (χ0v) is 34.2. The topological polar surface area (TPSA) is 149 Å². The molecule has 2 atom stereocenters. The molecule has 4 N–H and O–H groups in total. The van der Waals surface area contributed by atoms with Gasteiger partial charge in [0, 0.05) is 19.4 Å². The Hall–Kier alpha value is -5.88. The Morgan fingerprint density at radius 1 is 0.456 bits per heavy atom. The predicted molar refractivity (Wildman–Crippen MR) is 229 cm³/mol. The first-order chi connectivity index (χ1) is 27.3. The third-order valence-electron chi connectivity index (χ3n) is 9.99. The predicted octanol–water partition coefficient (Wildman–Crippen LogP) is 11.8. The van der Waals surface area contributed by atoms with Crippen molar-refractivity contribution in [1.82, 2.24) is 0 Å². The fraction of sp³-hybridized carbons (Fsp3) is 0.0435. The van der Waals surface area contributed by atoms with E-state index in [1.165, 1.54) is 36.4 Å². The van der Waals surface area contributed by atoms with Gasteiger partial charge in [0.15, 0.2) is 5.41 Å². The number of carbonyl (C=O) groups is 4. The average Bonchev–Trinajstić information content (AvgIpc) is 3.22. The van der Waals surface area contributed by atoms with E-state index in [1.54, 1.807) is 42.5 Å². The normalized spacial score (nSPS) is 16.5. The Bertz CT molecular complexity index is 2570. The summed E-state index contributed by atoms with van der Waals surface area (Å²) in [6.07, 6.45) is 1.84. The second kappa shape index (κ2) is 15.9. The quantitative estimate of drug-likeness (QED) is 0.106. The van der Waals surface area contributed by atoms with E-state index in [2.05, 4.69) is 47.8 Å². The minimum absolute atomic E-state index is 0.126. The van der Waals surface area contributed by atoms with Gasteiger partial charge in [-0.1, -0.05) is 133 Å². The summed E-state index contributed by atoms with van der Waals surface area (Å²) >= 11 is 11.3. The van der Waals surface area contributed by atoms with Crippen molar-refractivity contribution in [1.29, 1.82) is 0 Å². The molecular weight excluding hydrogens is 920 g/mol. The van der Waals surface area contributed by atoms with Gasteiger partial charge >= 0.3 is 23.9 Å². The van der Waals surface area contributed by atoms with E-state index in [0.29, 0.717) is 30.1 Å². The zero-order valence-electron chi connectivity index (χ0n) is 29.5. The third-order valence-corrected chi connectivity index (χ3v) is 13.3. The van der Waals surface area contributed by atoms with Gasteiger partial charge in [-0.25, -0.2) is 14.4 Å². The van der Waals surface area contributed by atoms with Crippen LogP contribution < -0.4 is 0 Å². The molecule has 1 aliphatic rings. The number of hydrogen-bond donors (Lipinski definition) is 4. The van der Waals surface area contributed by atoms with Crippen LogP contribution in [-0.4, -0.2) is 44.3 Å². The molecule has 0 heterocycles. The monoisotopic (exact) mass is 946 g/mol. The van der Waals surface area contributed by atoms with Gasteiger partial charge in [0.05, 0.1) is 16.7 Å². The van der Waals surface area contributed by atoms with E-state index in [0.717, 1.165) is 38.9 Å². The van der Waals surface area contributed by atoms with Gasteiger partial charge in [-0.05, 0) is 116 Å². The molecule has 0 fully saturated rings. The number of benzene rings is 6. The first-order valence-corrected chi connectivity index (χ1v) is 19.7. The Morgan fingerprint density at radius 3 is 1.19 bits per heavy atom. The molecule has 0 spiro atoms. The van der Waals surface area contributed by atoms with Crippen molar-refractivity contribution in [3.05, 3.63) is 187 Å². The first kappa shape index (κ1) is 39.4. The Balaban J connectivity index is 1.40. The van der Waals surface area contributed by atoms with Gasteiger partial charge in [-0.2, -0.15) is 0 Å². The Kier molecular flexibility index (Phi) is 11.0. The number of carboxylic acid groups (broad SMARTS) is 4. The fourth-order valence-electron chi connectivity index (χ4n) is 6.98. The molecule has 282 valence electrons. The maximum absolute atomic E-state index is 13.8. The molecule has 0 saturated carbocycles. The molecule has 2 unspecified atom stereocenters. The van der Waals surface area contributed by atoms with Gasteiger partial charge < -0.3 is 20.4 Å². The summed E-state index contributed by atoms with van der Waals surface area (Å²) in [5.41, 5.74) is 5.83. The molecular formula is C46H29Br3O8. The molecule has 8 nitrogen and oxygen atoms in total. The lowest BCUT2D eigenvalue weighted by Gasteiger charge is -2.37. The van der Waals surface area contributed by atoms with Crippen LogP contribution in [0.15, 0.2) is 159 Å². The van der Waals surface area contributed by atoms with Crippen LogP contribution in [0.1, 0.15) is 48.1 Å². The maximum atomic E-state index is 13.8. The average molecular weight is 949 g/mol. The van der Waals surface area contributed by atoms with E-state index < -0.39 is 35.2 Å². The summed E-state index contributed by atoms with van der Waals surface area (Å²) in [4.78, 5) is 48.7. The van der Waals surface area contributed by atoms with Crippen LogP contribution in [0.25, 0.3) is 44.5 Å². The summed E-state index contributed by atoms with van der Waals surface area (Å²) < 4.78 is 1.22. The van der Waals surface area contributed by atoms with E-state index in [-0.39, 0.29) is 16.7 Å². The van der Waals surface area contributed by atoms with Crippen LogP contribution in [0.4, 0.5) is 0 Å². The standard InChI is InChI=1S/C46H29Br3O8/c47-39-24-38(36-20-32(26-6-12-29(13-7-26)42(50)51)18-33(21-36)27-8-14-30(15-9-27)43(52)53)40(48)41(49)46(39,45(56)57)37-22-34(25-4-2-1-3-5-25)19-35(23-37)28-10-16-31(17-11-28)44(54)55/h1-24,38H,(H,50,51)(H,52,53)(H,54,55)(H,56,57). The molecule has 11 heteroatoms. The van der Waals surface area contributed by atoms with Crippen LogP contribution >= 0.6 is 47.8 Å². The van der Waals surface area contributed by atoms with Gasteiger partial charge in [-0.3, -0.25) is 4.79 Å². The van der Waals surface area contributed by atoms with Crippen LogP contribution in [-0.2, 0) is 10.2 Å². The van der Waals surface area contributed by atoms with Gasteiger partial charge in [0.25, 0.3) is 0 Å². The minimum Gasteiger partial charge on any atom is -0.480 e. The van der Waals surface area contributed by atoms with E-state index in [4.69, 9.17) is 0 Å². The first-order valence-electron chi connectivity index (χ1n) is 17.3. The van der Waals surface area contributed by atoms with Crippen molar-refractivity contribution < 1.29 is 39.6 Å². The van der Waals surface area contributed by atoms with Crippen LogP contribution in [0.2, 0.25) is 0 Å². The number of aliphatic carboxylic acids is 1. The molecule has 0 aliphatic heterocycles. The molecule has 0 bridgehead atoms.